The minimum atomic E-state index is -0.560. The minimum Gasteiger partial charge on any atom is -0.497 e. The highest BCUT2D eigenvalue weighted by Crippen LogP contribution is 2.29. The number of hydrogen-bond acceptors (Lipinski definition) is 5. The maximum atomic E-state index is 12.2. The van der Waals surface area contributed by atoms with Crippen molar-refractivity contribution in [1.82, 2.24) is 4.90 Å². The van der Waals surface area contributed by atoms with Crippen LogP contribution in [-0.4, -0.2) is 42.0 Å². The lowest BCUT2D eigenvalue weighted by molar-refractivity contribution is -0.384. The zero-order valence-electron chi connectivity index (χ0n) is 12.8. The Morgan fingerprint density at radius 2 is 2.05 bits per heavy atom. The summed E-state index contributed by atoms with van der Waals surface area (Å²) in [5, 5.41) is 14.0. The Kier molecular flexibility index (Phi) is 5.95. The Hall–Kier alpha value is -2.31. The fourth-order valence-corrected chi connectivity index (χ4v) is 2.02. The van der Waals surface area contributed by atoms with Gasteiger partial charge in [-0.05, 0) is 26.8 Å². The summed E-state index contributed by atoms with van der Waals surface area (Å²) in [5.41, 5.74) is 0.183. The molecule has 0 radical (unpaired) electrons. The molecular formula is C14H21N3O4. The van der Waals surface area contributed by atoms with E-state index < -0.39 is 11.0 Å². The number of benzene rings is 1. The van der Waals surface area contributed by atoms with Crippen LogP contribution in [0.3, 0.4) is 0 Å². The summed E-state index contributed by atoms with van der Waals surface area (Å²) in [7, 11) is 1.48. The molecular weight excluding hydrogens is 274 g/mol. The lowest BCUT2D eigenvalue weighted by Gasteiger charge is -2.24. The molecule has 0 aliphatic rings. The van der Waals surface area contributed by atoms with Crippen LogP contribution in [0.2, 0.25) is 0 Å². The van der Waals surface area contributed by atoms with E-state index in [1.54, 1.807) is 11.8 Å². The average Bonchev–Trinajstić information content (AvgIpc) is 2.47. The van der Waals surface area contributed by atoms with E-state index in [4.69, 9.17) is 4.74 Å². The van der Waals surface area contributed by atoms with Gasteiger partial charge in [-0.2, -0.15) is 0 Å². The van der Waals surface area contributed by atoms with Crippen molar-refractivity contribution in [2.75, 3.05) is 25.5 Å². The van der Waals surface area contributed by atoms with Crippen LogP contribution in [0, 0.1) is 10.1 Å². The van der Waals surface area contributed by atoms with Gasteiger partial charge < -0.3 is 15.0 Å². The summed E-state index contributed by atoms with van der Waals surface area (Å²) >= 11 is 0. The van der Waals surface area contributed by atoms with Gasteiger partial charge in [0.1, 0.15) is 17.5 Å². The monoisotopic (exact) mass is 295 g/mol. The minimum absolute atomic E-state index is 0.0880. The van der Waals surface area contributed by atoms with Crippen molar-refractivity contribution in [3.05, 3.63) is 28.3 Å². The van der Waals surface area contributed by atoms with Crippen LogP contribution in [0.1, 0.15) is 20.8 Å². The van der Waals surface area contributed by atoms with Gasteiger partial charge in [0.25, 0.3) is 5.69 Å². The molecule has 21 heavy (non-hydrogen) atoms. The van der Waals surface area contributed by atoms with Crippen LogP contribution >= 0.6 is 0 Å². The summed E-state index contributed by atoms with van der Waals surface area (Å²) in [6.45, 7) is 6.66. The number of amides is 1. The second kappa shape index (κ2) is 7.47. The van der Waals surface area contributed by atoms with Crippen molar-refractivity contribution >= 4 is 17.3 Å². The second-order valence-corrected chi connectivity index (χ2v) is 4.52. The molecule has 0 saturated carbocycles. The highest BCUT2D eigenvalue weighted by Gasteiger charge is 2.22. The molecule has 0 aromatic heterocycles. The third-order valence-electron chi connectivity index (χ3n) is 3.22. The summed E-state index contributed by atoms with van der Waals surface area (Å²) in [5.74, 6) is 0.391. The van der Waals surface area contributed by atoms with Crippen molar-refractivity contribution in [2.24, 2.45) is 0 Å². The molecule has 0 fully saturated rings. The summed E-state index contributed by atoms with van der Waals surface area (Å²) in [6.07, 6.45) is 0. The number of carbonyl (C=O) groups excluding carboxylic acids is 1. The van der Waals surface area contributed by atoms with Gasteiger partial charge in [0.2, 0.25) is 5.91 Å². The van der Waals surface area contributed by atoms with Crippen molar-refractivity contribution in [3.63, 3.8) is 0 Å². The lowest BCUT2D eigenvalue weighted by Crippen LogP contribution is -2.41. The molecule has 1 unspecified atom stereocenters. The molecule has 0 aliphatic carbocycles. The first-order chi connectivity index (χ1) is 9.94. The standard InChI is InChI=1S/C14H21N3O4/c1-5-16(6-2)14(18)10(3)15-12-9-11(21-4)7-8-13(12)17(19)20/h7-10,15H,5-6H2,1-4H3. The zero-order valence-corrected chi connectivity index (χ0v) is 12.8. The van der Waals surface area contributed by atoms with Gasteiger partial charge in [0, 0.05) is 25.2 Å². The van der Waals surface area contributed by atoms with Crippen LogP contribution < -0.4 is 10.1 Å². The van der Waals surface area contributed by atoms with Crippen molar-refractivity contribution in [1.29, 1.82) is 0 Å². The fourth-order valence-electron chi connectivity index (χ4n) is 2.02. The van der Waals surface area contributed by atoms with E-state index in [0.717, 1.165) is 0 Å². The topological polar surface area (TPSA) is 84.7 Å². The van der Waals surface area contributed by atoms with Crippen LogP contribution in [0.25, 0.3) is 0 Å². The Bertz CT molecular complexity index is 515. The first-order valence-electron chi connectivity index (χ1n) is 6.82. The Morgan fingerprint density at radius 3 is 2.52 bits per heavy atom. The number of anilines is 1. The molecule has 1 N–H and O–H groups in total. The Morgan fingerprint density at radius 1 is 1.43 bits per heavy atom. The lowest BCUT2D eigenvalue weighted by atomic mass is 10.2. The Labute approximate surface area is 124 Å². The predicted octanol–water partition coefficient (Wildman–Crippen LogP) is 2.27. The van der Waals surface area contributed by atoms with Gasteiger partial charge in [0.15, 0.2) is 0 Å². The smallest absolute Gasteiger partial charge is 0.292 e. The molecule has 7 heteroatoms. The first kappa shape index (κ1) is 16.7. The highest BCUT2D eigenvalue weighted by molar-refractivity contribution is 5.85. The quantitative estimate of drug-likeness (QED) is 0.616. The summed E-state index contributed by atoms with van der Waals surface area (Å²) in [4.78, 5) is 24.4. The molecule has 1 atom stereocenters. The van der Waals surface area contributed by atoms with E-state index in [-0.39, 0.29) is 17.3 Å². The van der Waals surface area contributed by atoms with Crippen LogP contribution in [-0.2, 0) is 4.79 Å². The van der Waals surface area contributed by atoms with Crippen molar-refractivity contribution in [2.45, 2.75) is 26.8 Å². The largest absolute Gasteiger partial charge is 0.497 e. The van der Waals surface area contributed by atoms with E-state index in [0.29, 0.717) is 18.8 Å². The number of nitrogens with zero attached hydrogens (tertiary/aromatic N) is 2. The molecule has 116 valence electrons. The number of hydrogen-bond donors (Lipinski definition) is 1. The van der Waals surface area contributed by atoms with Gasteiger partial charge in [-0.1, -0.05) is 0 Å². The SMILES string of the molecule is CCN(CC)C(=O)C(C)Nc1cc(OC)ccc1[N+](=O)[O-]. The van der Waals surface area contributed by atoms with Gasteiger partial charge in [-0.3, -0.25) is 14.9 Å². The van der Waals surface area contributed by atoms with Crippen LogP contribution in [0.4, 0.5) is 11.4 Å². The van der Waals surface area contributed by atoms with Gasteiger partial charge in [-0.15, -0.1) is 0 Å². The Balaban J connectivity index is 3.00. The van der Waals surface area contributed by atoms with Crippen molar-refractivity contribution < 1.29 is 14.5 Å². The van der Waals surface area contributed by atoms with Gasteiger partial charge >= 0.3 is 0 Å². The molecule has 0 aliphatic heterocycles. The molecule has 0 bridgehead atoms. The van der Waals surface area contributed by atoms with E-state index in [2.05, 4.69) is 5.32 Å². The molecule has 0 spiro atoms. The predicted molar refractivity (Wildman–Crippen MR) is 80.7 cm³/mol. The van der Waals surface area contributed by atoms with Crippen molar-refractivity contribution in [3.8, 4) is 5.75 Å². The molecule has 0 saturated heterocycles. The molecule has 0 heterocycles. The number of likely N-dealkylation sites (N-methyl/N-ethyl adjacent to an activating group) is 1. The number of ether oxygens (including phenoxy) is 1. The summed E-state index contributed by atoms with van der Waals surface area (Å²) in [6, 6.07) is 3.83. The highest BCUT2D eigenvalue weighted by atomic mass is 16.6. The zero-order chi connectivity index (χ0) is 16.0. The number of nitro benzene ring substituents is 1. The van der Waals surface area contributed by atoms with E-state index in [9.17, 15) is 14.9 Å². The number of carbonyl (C=O) groups is 1. The fraction of sp³-hybridized carbons (Fsp3) is 0.500. The maximum absolute atomic E-state index is 12.2. The van der Waals surface area contributed by atoms with E-state index >= 15 is 0 Å². The van der Waals surface area contributed by atoms with Crippen LogP contribution in [0.5, 0.6) is 5.75 Å². The van der Waals surface area contributed by atoms with Crippen LogP contribution in [0.15, 0.2) is 18.2 Å². The molecule has 7 nitrogen and oxygen atoms in total. The number of rotatable bonds is 7. The number of nitro groups is 1. The van der Waals surface area contributed by atoms with Gasteiger partial charge in [-0.25, -0.2) is 0 Å². The third-order valence-corrected chi connectivity index (χ3v) is 3.22. The maximum Gasteiger partial charge on any atom is 0.292 e. The first-order valence-corrected chi connectivity index (χ1v) is 6.82. The normalized spacial score (nSPS) is 11.6. The number of methoxy groups -OCH3 is 1. The average molecular weight is 295 g/mol. The molecule has 1 rings (SSSR count). The second-order valence-electron chi connectivity index (χ2n) is 4.52. The molecule has 1 amide bonds. The van der Waals surface area contributed by atoms with Gasteiger partial charge in [0.05, 0.1) is 12.0 Å². The number of nitrogens with one attached hydrogen (secondary N) is 1. The third kappa shape index (κ3) is 4.08. The molecule has 1 aromatic rings. The van der Waals surface area contributed by atoms with E-state index in [1.807, 2.05) is 13.8 Å². The summed E-state index contributed by atoms with van der Waals surface area (Å²) < 4.78 is 5.06. The molecule has 1 aromatic carbocycles. The van der Waals surface area contributed by atoms with E-state index in [1.165, 1.54) is 25.3 Å².